The first-order valence-electron chi connectivity index (χ1n) is 9.03. The van der Waals surface area contributed by atoms with Crippen molar-refractivity contribution in [3.05, 3.63) is 48.0 Å². The molecule has 0 aliphatic heterocycles. The summed E-state index contributed by atoms with van der Waals surface area (Å²) >= 11 is 0. The number of benzene rings is 1. The molecule has 0 unspecified atom stereocenters. The number of hydrogen-bond donors (Lipinski definition) is 2. The van der Waals surface area contributed by atoms with E-state index in [1.807, 2.05) is 30.3 Å². The van der Waals surface area contributed by atoms with E-state index in [1.165, 1.54) is 31.8 Å². The number of carboxylic acid groups (broad SMARTS) is 1. The number of allylic oxidation sites excluding steroid dienone is 1. The predicted octanol–water partition coefficient (Wildman–Crippen LogP) is 4.04. The van der Waals surface area contributed by atoms with Crippen molar-refractivity contribution in [2.75, 3.05) is 0 Å². The number of rotatable bonds is 13. The first-order valence-corrected chi connectivity index (χ1v) is 9.03. The highest BCUT2D eigenvalue weighted by atomic mass is 16.7. The molecule has 1 aromatic carbocycles. The second kappa shape index (κ2) is 13.2. The summed E-state index contributed by atoms with van der Waals surface area (Å²) in [6.07, 6.45) is 11.4. The van der Waals surface area contributed by atoms with Crippen LogP contribution in [0.3, 0.4) is 0 Å². The van der Waals surface area contributed by atoms with Gasteiger partial charge in [-0.3, -0.25) is 4.79 Å². The van der Waals surface area contributed by atoms with Gasteiger partial charge in [0.15, 0.2) is 0 Å². The molecule has 5 heteroatoms. The summed E-state index contributed by atoms with van der Waals surface area (Å²) in [5, 5.41) is 9.21. The SMILES string of the molecule is CCCCCCCCC=CC(=O)ON[C@@H](Cc1ccccc1)C(=O)O. The number of unbranched alkanes of at least 4 members (excludes halogenated alkanes) is 6. The van der Waals surface area contributed by atoms with Crippen molar-refractivity contribution in [3.63, 3.8) is 0 Å². The highest BCUT2D eigenvalue weighted by Crippen LogP contribution is 2.07. The Labute approximate surface area is 150 Å². The molecule has 1 aromatic rings. The number of nitrogens with one attached hydrogen (secondary N) is 1. The van der Waals surface area contributed by atoms with Crippen LogP contribution in [0.5, 0.6) is 0 Å². The van der Waals surface area contributed by atoms with Crippen molar-refractivity contribution in [1.29, 1.82) is 0 Å². The molecule has 1 rings (SSSR count). The topological polar surface area (TPSA) is 75.6 Å². The fourth-order valence-corrected chi connectivity index (χ4v) is 2.41. The largest absolute Gasteiger partial charge is 0.480 e. The van der Waals surface area contributed by atoms with Crippen LogP contribution in [-0.4, -0.2) is 23.1 Å². The van der Waals surface area contributed by atoms with E-state index in [0.29, 0.717) is 0 Å². The lowest BCUT2D eigenvalue weighted by molar-refractivity contribution is -0.153. The summed E-state index contributed by atoms with van der Waals surface area (Å²) in [7, 11) is 0. The average molecular weight is 347 g/mol. The molecular formula is C20H29NO4. The van der Waals surface area contributed by atoms with Gasteiger partial charge in [0, 0.05) is 12.5 Å². The summed E-state index contributed by atoms with van der Waals surface area (Å²) in [5.41, 5.74) is 3.20. The van der Waals surface area contributed by atoms with Crippen molar-refractivity contribution < 1.29 is 19.5 Å². The maximum Gasteiger partial charge on any atom is 0.349 e. The monoisotopic (exact) mass is 347 g/mol. The standard InChI is InChI=1S/C20H29NO4/c1-2-3-4-5-6-7-8-12-15-19(22)25-21-18(20(23)24)16-17-13-10-9-11-14-17/h9-15,18,21H,2-8,16H2,1H3,(H,23,24)/t18-/m0/s1. The van der Waals surface area contributed by atoms with Crippen molar-refractivity contribution in [1.82, 2.24) is 5.48 Å². The summed E-state index contributed by atoms with van der Waals surface area (Å²) in [6, 6.07) is 8.23. The quantitative estimate of drug-likeness (QED) is 0.320. The molecule has 1 atom stereocenters. The second-order valence-corrected chi connectivity index (χ2v) is 6.08. The van der Waals surface area contributed by atoms with Gasteiger partial charge in [0.25, 0.3) is 0 Å². The Morgan fingerprint density at radius 3 is 2.48 bits per heavy atom. The number of hydroxylamine groups is 1. The first kappa shape index (κ1) is 20.9. The molecule has 0 bridgehead atoms. The lowest BCUT2D eigenvalue weighted by Crippen LogP contribution is -2.39. The van der Waals surface area contributed by atoms with Crippen LogP contribution in [0.4, 0.5) is 0 Å². The Balaban J connectivity index is 2.23. The molecule has 0 saturated heterocycles. The maximum atomic E-state index is 11.6. The van der Waals surface area contributed by atoms with Crippen molar-refractivity contribution in [3.8, 4) is 0 Å². The van der Waals surface area contributed by atoms with Crippen molar-refractivity contribution in [2.24, 2.45) is 0 Å². The summed E-state index contributed by atoms with van der Waals surface area (Å²) < 4.78 is 0. The van der Waals surface area contributed by atoms with Crippen LogP contribution in [-0.2, 0) is 20.8 Å². The van der Waals surface area contributed by atoms with Crippen molar-refractivity contribution in [2.45, 2.75) is 64.3 Å². The van der Waals surface area contributed by atoms with E-state index < -0.39 is 18.0 Å². The third kappa shape index (κ3) is 10.4. The molecule has 0 aromatic heterocycles. The molecule has 0 spiro atoms. The fourth-order valence-electron chi connectivity index (χ4n) is 2.41. The van der Waals surface area contributed by atoms with Crippen molar-refractivity contribution >= 4 is 11.9 Å². The van der Waals surface area contributed by atoms with Gasteiger partial charge in [0.1, 0.15) is 6.04 Å². The number of carbonyl (C=O) groups is 2. The van der Waals surface area contributed by atoms with Crippen LogP contribution in [0.15, 0.2) is 42.5 Å². The number of carbonyl (C=O) groups excluding carboxylic acids is 1. The normalized spacial score (nSPS) is 12.2. The van der Waals surface area contributed by atoms with Crippen LogP contribution < -0.4 is 5.48 Å². The van der Waals surface area contributed by atoms with Crippen LogP contribution in [0, 0.1) is 0 Å². The third-order valence-electron chi connectivity index (χ3n) is 3.86. The van der Waals surface area contributed by atoms with Gasteiger partial charge in [0.05, 0.1) is 0 Å². The summed E-state index contributed by atoms with van der Waals surface area (Å²) in [5.74, 6) is -1.64. The van der Waals surface area contributed by atoms with Gasteiger partial charge in [-0.05, 0) is 18.4 Å². The van der Waals surface area contributed by atoms with E-state index in [9.17, 15) is 14.7 Å². The molecule has 0 aliphatic carbocycles. The zero-order valence-corrected chi connectivity index (χ0v) is 14.9. The average Bonchev–Trinajstić information content (AvgIpc) is 2.61. The van der Waals surface area contributed by atoms with Gasteiger partial charge in [-0.25, -0.2) is 4.79 Å². The minimum atomic E-state index is -1.06. The van der Waals surface area contributed by atoms with Gasteiger partial charge in [0.2, 0.25) is 0 Å². The lowest BCUT2D eigenvalue weighted by Gasteiger charge is -2.13. The van der Waals surface area contributed by atoms with Gasteiger partial charge in [-0.2, -0.15) is 0 Å². The van der Waals surface area contributed by atoms with Crippen LogP contribution in [0.1, 0.15) is 57.4 Å². The van der Waals surface area contributed by atoms with E-state index in [-0.39, 0.29) is 6.42 Å². The molecular weight excluding hydrogens is 318 g/mol. The number of aliphatic carboxylic acids is 1. The molecule has 2 N–H and O–H groups in total. The van der Waals surface area contributed by atoms with Crippen LogP contribution in [0.2, 0.25) is 0 Å². The molecule has 138 valence electrons. The highest BCUT2D eigenvalue weighted by Gasteiger charge is 2.19. The number of hydrogen-bond acceptors (Lipinski definition) is 4. The molecule has 0 heterocycles. The minimum absolute atomic E-state index is 0.241. The molecule has 0 amide bonds. The maximum absolute atomic E-state index is 11.6. The molecule has 0 aliphatic rings. The molecule has 5 nitrogen and oxygen atoms in total. The van der Waals surface area contributed by atoms with E-state index in [1.54, 1.807) is 6.08 Å². The van der Waals surface area contributed by atoms with Gasteiger partial charge < -0.3 is 9.94 Å². The second-order valence-electron chi connectivity index (χ2n) is 6.08. The fraction of sp³-hybridized carbons (Fsp3) is 0.500. The van der Waals surface area contributed by atoms with Gasteiger partial charge >= 0.3 is 11.9 Å². The van der Waals surface area contributed by atoms with Gasteiger partial charge in [-0.15, -0.1) is 5.48 Å². The van der Waals surface area contributed by atoms with Gasteiger partial charge in [-0.1, -0.05) is 75.4 Å². The Bertz CT molecular complexity index is 528. The summed E-state index contributed by atoms with van der Waals surface area (Å²) in [4.78, 5) is 27.7. The first-order chi connectivity index (χ1) is 12.1. The molecule has 0 fully saturated rings. The number of carboxylic acids is 1. The van der Waals surface area contributed by atoms with E-state index in [2.05, 4.69) is 12.4 Å². The Kier molecular flexibility index (Phi) is 11.0. The molecule has 25 heavy (non-hydrogen) atoms. The van der Waals surface area contributed by atoms with E-state index in [4.69, 9.17) is 4.84 Å². The summed E-state index contributed by atoms with van der Waals surface area (Å²) in [6.45, 7) is 2.19. The molecule has 0 saturated carbocycles. The lowest BCUT2D eigenvalue weighted by atomic mass is 10.1. The van der Waals surface area contributed by atoms with E-state index in [0.717, 1.165) is 24.8 Å². The Morgan fingerprint density at radius 2 is 1.80 bits per heavy atom. The predicted molar refractivity (Wildman–Crippen MR) is 97.9 cm³/mol. The minimum Gasteiger partial charge on any atom is -0.480 e. The smallest absolute Gasteiger partial charge is 0.349 e. The van der Waals surface area contributed by atoms with Crippen LogP contribution in [0.25, 0.3) is 0 Å². The molecule has 0 radical (unpaired) electrons. The van der Waals surface area contributed by atoms with Crippen LogP contribution >= 0.6 is 0 Å². The zero-order chi connectivity index (χ0) is 18.3. The highest BCUT2D eigenvalue weighted by molar-refractivity contribution is 5.82. The third-order valence-corrected chi connectivity index (χ3v) is 3.86. The Morgan fingerprint density at radius 1 is 1.12 bits per heavy atom. The zero-order valence-electron chi connectivity index (χ0n) is 14.9. The Hall–Kier alpha value is -2.14. The van der Waals surface area contributed by atoms with E-state index >= 15 is 0 Å².